The van der Waals surface area contributed by atoms with E-state index in [-0.39, 0.29) is 0 Å². The Bertz CT molecular complexity index is 351. The van der Waals surface area contributed by atoms with E-state index in [0.29, 0.717) is 5.84 Å². The van der Waals surface area contributed by atoms with Crippen molar-refractivity contribution < 1.29 is 0 Å². The number of halogens is 1. The first-order chi connectivity index (χ1) is 5.77. The van der Waals surface area contributed by atoms with Crippen molar-refractivity contribution in [2.45, 2.75) is 0 Å². The van der Waals surface area contributed by atoms with Gasteiger partial charge in [0.05, 0.1) is 17.8 Å². The SMILES string of the molecule is NC1=NSNc2ccc(Br)cc21. The lowest BCUT2D eigenvalue weighted by atomic mass is 10.2. The zero-order valence-electron chi connectivity index (χ0n) is 6.04. The third kappa shape index (κ3) is 1.30. The standard InChI is InChI=1S/C7H6BrN3S/c8-4-1-2-6-5(3-4)7(9)11-12-10-6/h1-3,10H,(H2,9,11). The highest BCUT2D eigenvalue weighted by Crippen LogP contribution is 2.27. The summed E-state index contributed by atoms with van der Waals surface area (Å²) in [6, 6.07) is 5.87. The molecule has 1 aromatic rings. The van der Waals surface area contributed by atoms with Gasteiger partial charge in [0, 0.05) is 10.0 Å². The molecule has 0 radical (unpaired) electrons. The van der Waals surface area contributed by atoms with Crippen LogP contribution in [0.2, 0.25) is 0 Å². The molecule has 0 amide bonds. The first kappa shape index (κ1) is 7.94. The second-order valence-corrected chi connectivity index (χ2v) is 3.84. The van der Waals surface area contributed by atoms with E-state index in [1.165, 1.54) is 12.1 Å². The number of hydrogen-bond donors (Lipinski definition) is 2. The van der Waals surface area contributed by atoms with Crippen LogP contribution < -0.4 is 10.5 Å². The van der Waals surface area contributed by atoms with E-state index in [0.717, 1.165) is 15.7 Å². The fraction of sp³-hybridized carbons (Fsp3) is 0. The number of nitrogens with two attached hydrogens (primary N) is 1. The maximum Gasteiger partial charge on any atom is 0.142 e. The number of hydrogen-bond acceptors (Lipinski definition) is 4. The van der Waals surface area contributed by atoms with Crippen molar-refractivity contribution in [2.75, 3.05) is 4.72 Å². The fourth-order valence-electron chi connectivity index (χ4n) is 0.988. The summed E-state index contributed by atoms with van der Waals surface area (Å²) >= 11 is 4.62. The zero-order valence-corrected chi connectivity index (χ0v) is 8.45. The summed E-state index contributed by atoms with van der Waals surface area (Å²) in [6.07, 6.45) is 0. The van der Waals surface area contributed by atoms with Gasteiger partial charge in [0.25, 0.3) is 0 Å². The highest BCUT2D eigenvalue weighted by Gasteiger charge is 2.11. The number of nitrogens with one attached hydrogen (secondary N) is 1. The molecule has 1 heterocycles. The van der Waals surface area contributed by atoms with Crippen LogP contribution in [-0.2, 0) is 0 Å². The van der Waals surface area contributed by atoms with Crippen LogP contribution in [0.5, 0.6) is 0 Å². The van der Waals surface area contributed by atoms with Crippen LogP contribution in [0.1, 0.15) is 5.56 Å². The van der Waals surface area contributed by atoms with Crippen molar-refractivity contribution in [1.82, 2.24) is 0 Å². The molecule has 0 atom stereocenters. The van der Waals surface area contributed by atoms with Crippen molar-refractivity contribution in [3.05, 3.63) is 28.2 Å². The molecule has 0 aliphatic carbocycles. The van der Waals surface area contributed by atoms with Gasteiger partial charge in [-0.25, -0.2) is 0 Å². The second-order valence-electron chi connectivity index (χ2n) is 2.36. The third-order valence-corrected chi connectivity index (χ3v) is 2.65. The van der Waals surface area contributed by atoms with E-state index in [1.807, 2.05) is 18.2 Å². The molecule has 1 aliphatic heterocycles. The molecule has 0 aromatic heterocycles. The van der Waals surface area contributed by atoms with E-state index < -0.39 is 0 Å². The smallest absolute Gasteiger partial charge is 0.142 e. The minimum absolute atomic E-state index is 0.565. The number of benzene rings is 1. The molecule has 5 heteroatoms. The van der Waals surface area contributed by atoms with E-state index in [2.05, 4.69) is 25.0 Å². The Morgan fingerprint density at radius 2 is 2.33 bits per heavy atom. The Balaban J connectivity index is 2.58. The molecule has 1 aromatic carbocycles. The van der Waals surface area contributed by atoms with Crippen molar-refractivity contribution in [1.29, 1.82) is 0 Å². The summed E-state index contributed by atoms with van der Waals surface area (Å²) in [5.74, 6) is 0.565. The molecule has 0 saturated carbocycles. The minimum Gasteiger partial charge on any atom is -0.383 e. The summed E-state index contributed by atoms with van der Waals surface area (Å²) in [5.41, 5.74) is 7.64. The molecule has 62 valence electrons. The van der Waals surface area contributed by atoms with Gasteiger partial charge in [-0.15, -0.1) is 0 Å². The lowest BCUT2D eigenvalue weighted by molar-refractivity contribution is 1.51. The van der Waals surface area contributed by atoms with Crippen molar-refractivity contribution in [3.63, 3.8) is 0 Å². The number of nitrogens with zero attached hydrogens (tertiary/aromatic N) is 1. The molecule has 0 fully saturated rings. The van der Waals surface area contributed by atoms with Crippen molar-refractivity contribution in [3.8, 4) is 0 Å². The first-order valence-corrected chi connectivity index (χ1v) is 4.89. The molecule has 3 nitrogen and oxygen atoms in total. The Hall–Kier alpha value is -0.680. The van der Waals surface area contributed by atoms with Gasteiger partial charge in [-0.3, -0.25) is 0 Å². The summed E-state index contributed by atoms with van der Waals surface area (Å²) in [4.78, 5) is 0. The van der Waals surface area contributed by atoms with Crippen molar-refractivity contribution >= 4 is 39.6 Å². The maximum atomic E-state index is 5.68. The maximum absolute atomic E-state index is 5.68. The summed E-state index contributed by atoms with van der Waals surface area (Å²) in [7, 11) is 0. The van der Waals surface area contributed by atoms with Gasteiger partial charge in [-0.1, -0.05) is 15.9 Å². The second kappa shape index (κ2) is 2.99. The van der Waals surface area contributed by atoms with E-state index in [1.54, 1.807) is 0 Å². The number of anilines is 1. The van der Waals surface area contributed by atoms with Crippen LogP contribution in [0.3, 0.4) is 0 Å². The molecule has 12 heavy (non-hydrogen) atoms. The van der Waals surface area contributed by atoms with Crippen molar-refractivity contribution in [2.24, 2.45) is 10.1 Å². The molecule has 0 saturated heterocycles. The number of amidine groups is 1. The van der Waals surface area contributed by atoms with Crippen LogP contribution in [0.15, 0.2) is 27.1 Å². The van der Waals surface area contributed by atoms with Crippen LogP contribution in [0.4, 0.5) is 5.69 Å². The quantitative estimate of drug-likeness (QED) is 0.687. The average Bonchev–Trinajstić information content (AvgIpc) is 2.07. The first-order valence-electron chi connectivity index (χ1n) is 3.33. The summed E-state index contributed by atoms with van der Waals surface area (Å²) < 4.78 is 8.05. The topological polar surface area (TPSA) is 50.4 Å². The third-order valence-electron chi connectivity index (χ3n) is 1.56. The van der Waals surface area contributed by atoms with Gasteiger partial charge in [0.2, 0.25) is 0 Å². The Kier molecular flexibility index (Phi) is 1.98. The molecule has 0 spiro atoms. The van der Waals surface area contributed by atoms with E-state index in [9.17, 15) is 0 Å². The lowest BCUT2D eigenvalue weighted by Gasteiger charge is -2.13. The monoisotopic (exact) mass is 243 g/mol. The molecule has 2 rings (SSSR count). The van der Waals surface area contributed by atoms with E-state index in [4.69, 9.17) is 5.73 Å². The fourth-order valence-corrected chi connectivity index (χ4v) is 1.87. The Labute approximate surface area is 82.8 Å². The van der Waals surface area contributed by atoms with Gasteiger partial charge in [-0.05, 0) is 18.2 Å². The molecule has 0 bridgehead atoms. The zero-order chi connectivity index (χ0) is 8.55. The van der Waals surface area contributed by atoms with Crippen LogP contribution in [0, 0.1) is 0 Å². The highest BCUT2D eigenvalue weighted by molar-refractivity contribution is 9.10. The summed E-state index contributed by atoms with van der Waals surface area (Å²) in [5, 5.41) is 0. The minimum atomic E-state index is 0.565. The molecular formula is C7H6BrN3S. The van der Waals surface area contributed by atoms with Gasteiger partial charge in [-0.2, -0.15) is 4.40 Å². The normalized spacial score (nSPS) is 14.6. The van der Waals surface area contributed by atoms with Crippen LogP contribution in [-0.4, -0.2) is 5.84 Å². The summed E-state index contributed by atoms with van der Waals surface area (Å²) in [6.45, 7) is 0. The van der Waals surface area contributed by atoms with Gasteiger partial charge in [0.15, 0.2) is 0 Å². The molecule has 3 N–H and O–H groups in total. The molecule has 1 aliphatic rings. The van der Waals surface area contributed by atoms with Crippen LogP contribution >= 0.6 is 28.1 Å². The van der Waals surface area contributed by atoms with Gasteiger partial charge < -0.3 is 10.5 Å². The average molecular weight is 244 g/mol. The van der Waals surface area contributed by atoms with E-state index >= 15 is 0 Å². The van der Waals surface area contributed by atoms with Gasteiger partial charge in [0.1, 0.15) is 5.84 Å². The predicted octanol–water partition coefficient (Wildman–Crippen LogP) is 2.14. The lowest BCUT2D eigenvalue weighted by Crippen LogP contribution is -2.17. The number of fused-ring (bicyclic) bond motifs is 1. The Morgan fingerprint density at radius 3 is 3.17 bits per heavy atom. The van der Waals surface area contributed by atoms with Gasteiger partial charge >= 0.3 is 0 Å². The number of rotatable bonds is 0. The van der Waals surface area contributed by atoms with Crippen LogP contribution in [0.25, 0.3) is 0 Å². The highest BCUT2D eigenvalue weighted by atomic mass is 79.9. The molecular weight excluding hydrogens is 238 g/mol. The predicted molar refractivity (Wildman–Crippen MR) is 56.1 cm³/mol. The molecule has 0 unspecified atom stereocenters. The Morgan fingerprint density at radius 1 is 1.50 bits per heavy atom. The largest absolute Gasteiger partial charge is 0.383 e.